The number of hydrogen-bond donors (Lipinski definition) is 2. The molecule has 3 rings (SSSR count). The van der Waals surface area contributed by atoms with E-state index < -0.39 is 0 Å². The van der Waals surface area contributed by atoms with Gasteiger partial charge in [-0.05, 0) is 34.1 Å². The van der Waals surface area contributed by atoms with Gasteiger partial charge in [0.2, 0.25) is 0 Å². The lowest BCUT2D eigenvalue weighted by Crippen LogP contribution is -2.15. The zero-order chi connectivity index (χ0) is 11.8. The van der Waals surface area contributed by atoms with Crippen LogP contribution in [0.1, 0.15) is 0 Å². The van der Waals surface area contributed by atoms with Gasteiger partial charge in [0.15, 0.2) is 17.3 Å². The van der Waals surface area contributed by atoms with Crippen molar-refractivity contribution in [1.29, 1.82) is 0 Å². The molecular formula is C11H10BrN3O2. The Morgan fingerprint density at radius 1 is 1.24 bits per heavy atom. The average molecular weight is 296 g/mol. The van der Waals surface area contributed by atoms with Gasteiger partial charge in [0.1, 0.15) is 13.2 Å². The van der Waals surface area contributed by atoms with E-state index in [9.17, 15) is 0 Å². The molecule has 6 heteroatoms. The van der Waals surface area contributed by atoms with Crippen molar-refractivity contribution in [2.75, 3.05) is 18.9 Å². The van der Waals surface area contributed by atoms with Crippen LogP contribution in [0.3, 0.4) is 0 Å². The number of aromatic amines is 1. The molecule has 5 nitrogen and oxygen atoms in total. The van der Waals surface area contributed by atoms with Crippen LogP contribution in [-0.4, -0.2) is 23.4 Å². The summed E-state index contributed by atoms with van der Waals surface area (Å²) in [5, 5.41) is 6.82. The smallest absolute Gasteiger partial charge is 0.162 e. The second-order valence-corrected chi connectivity index (χ2v) is 4.45. The molecule has 0 saturated carbocycles. The summed E-state index contributed by atoms with van der Waals surface area (Å²) < 4.78 is 11.7. The summed E-state index contributed by atoms with van der Waals surface area (Å²) in [7, 11) is 0. The highest BCUT2D eigenvalue weighted by Gasteiger charge is 2.15. The van der Waals surface area contributed by atoms with Gasteiger partial charge in [-0.25, -0.2) is 0 Å². The molecule has 1 aromatic carbocycles. The molecule has 88 valence electrons. The minimum atomic E-state index is 0.440. The second-order valence-electron chi connectivity index (χ2n) is 3.66. The lowest BCUT2D eigenvalue weighted by atomic mass is 10.1. The minimum Gasteiger partial charge on any atom is -0.486 e. The molecule has 1 aromatic heterocycles. The Hall–Kier alpha value is -1.69. The maximum absolute atomic E-state index is 5.67. The van der Waals surface area contributed by atoms with Crippen LogP contribution in [-0.2, 0) is 0 Å². The average Bonchev–Trinajstić information content (AvgIpc) is 2.70. The standard InChI is InChI=1S/C11H10BrN3O2/c12-9-10(14-15-11(9)13)6-1-2-7-8(5-6)17-4-3-16-7/h1-2,5H,3-4H2,(H3,13,14,15). The van der Waals surface area contributed by atoms with Crippen molar-refractivity contribution < 1.29 is 9.47 Å². The van der Waals surface area contributed by atoms with Crippen LogP contribution >= 0.6 is 15.9 Å². The number of rotatable bonds is 1. The van der Waals surface area contributed by atoms with Crippen molar-refractivity contribution in [3.05, 3.63) is 22.7 Å². The Kier molecular flexibility index (Phi) is 2.44. The molecule has 0 radical (unpaired) electrons. The van der Waals surface area contributed by atoms with E-state index in [1.54, 1.807) is 0 Å². The number of hydrogen-bond acceptors (Lipinski definition) is 4. The first-order valence-corrected chi connectivity index (χ1v) is 5.94. The molecule has 1 aliphatic heterocycles. The maximum atomic E-state index is 5.67. The highest BCUT2D eigenvalue weighted by atomic mass is 79.9. The summed E-state index contributed by atoms with van der Waals surface area (Å²) in [4.78, 5) is 0. The van der Waals surface area contributed by atoms with E-state index in [0.717, 1.165) is 27.2 Å². The molecule has 0 spiro atoms. The maximum Gasteiger partial charge on any atom is 0.162 e. The molecule has 0 bridgehead atoms. The Morgan fingerprint density at radius 2 is 2.00 bits per heavy atom. The quantitative estimate of drug-likeness (QED) is 0.846. The normalized spacial score (nSPS) is 13.7. The van der Waals surface area contributed by atoms with E-state index in [0.29, 0.717) is 19.0 Å². The number of nitrogens with two attached hydrogens (primary N) is 1. The number of aromatic nitrogens is 2. The predicted molar refractivity (Wildman–Crippen MR) is 67.1 cm³/mol. The highest BCUT2D eigenvalue weighted by Crippen LogP contribution is 2.37. The molecule has 3 N–H and O–H groups in total. The fraction of sp³-hybridized carbons (Fsp3) is 0.182. The molecule has 0 saturated heterocycles. The first kappa shape index (κ1) is 10.5. The summed E-state index contributed by atoms with van der Waals surface area (Å²) in [6.07, 6.45) is 0. The third-order valence-electron chi connectivity index (χ3n) is 2.56. The summed E-state index contributed by atoms with van der Waals surface area (Å²) >= 11 is 3.39. The van der Waals surface area contributed by atoms with Gasteiger partial charge in [-0.15, -0.1) is 0 Å². The van der Waals surface area contributed by atoms with Gasteiger partial charge < -0.3 is 15.2 Å². The molecule has 2 aromatic rings. The number of fused-ring (bicyclic) bond motifs is 1. The van der Waals surface area contributed by atoms with Crippen molar-refractivity contribution in [3.8, 4) is 22.8 Å². The van der Waals surface area contributed by atoms with Gasteiger partial charge >= 0.3 is 0 Å². The van der Waals surface area contributed by atoms with E-state index in [1.165, 1.54) is 0 Å². The molecule has 0 fully saturated rings. The third-order valence-corrected chi connectivity index (χ3v) is 3.37. The number of H-pyrrole nitrogens is 1. The van der Waals surface area contributed by atoms with Gasteiger partial charge in [0.25, 0.3) is 0 Å². The Morgan fingerprint density at radius 3 is 2.71 bits per heavy atom. The molecule has 0 unspecified atom stereocenters. The number of anilines is 1. The lowest BCUT2D eigenvalue weighted by Gasteiger charge is -2.18. The molecular weight excluding hydrogens is 286 g/mol. The van der Waals surface area contributed by atoms with Crippen molar-refractivity contribution in [1.82, 2.24) is 10.2 Å². The second kappa shape index (κ2) is 3.96. The number of halogens is 1. The summed E-state index contributed by atoms with van der Waals surface area (Å²) in [5.41, 5.74) is 7.45. The van der Waals surface area contributed by atoms with E-state index >= 15 is 0 Å². The predicted octanol–water partition coefficient (Wildman–Crippen LogP) is 2.19. The summed E-state index contributed by atoms with van der Waals surface area (Å²) in [6.45, 7) is 1.16. The Bertz CT molecular complexity index is 568. The largest absolute Gasteiger partial charge is 0.486 e. The first-order chi connectivity index (χ1) is 8.25. The number of nitrogens with one attached hydrogen (secondary N) is 1. The van der Waals surface area contributed by atoms with Crippen LogP contribution in [0.2, 0.25) is 0 Å². The fourth-order valence-electron chi connectivity index (χ4n) is 1.73. The number of ether oxygens (including phenoxy) is 2. The van der Waals surface area contributed by atoms with Crippen LogP contribution in [0.5, 0.6) is 11.5 Å². The van der Waals surface area contributed by atoms with Crippen LogP contribution in [0, 0.1) is 0 Å². The first-order valence-electron chi connectivity index (χ1n) is 5.15. The van der Waals surface area contributed by atoms with Gasteiger partial charge in [0, 0.05) is 5.56 Å². The number of benzene rings is 1. The van der Waals surface area contributed by atoms with Gasteiger partial charge in [0.05, 0.1) is 10.2 Å². The van der Waals surface area contributed by atoms with E-state index in [1.807, 2.05) is 18.2 Å². The molecule has 0 amide bonds. The lowest BCUT2D eigenvalue weighted by molar-refractivity contribution is 0.171. The van der Waals surface area contributed by atoms with E-state index in [4.69, 9.17) is 15.2 Å². The van der Waals surface area contributed by atoms with Gasteiger partial charge in [-0.1, -0.05) is 0 Å². The molecule has 0 atom stereocenters. The fourth-order valence-corrected chi connectivity index (χ4v) is 2.14. The monoisotopic (exact) mass is 295 g/mol. The summed E-state index contributed by atoms with van der Waals surface area (Å²) in [6, 6.07) is 5.73. The third kappa shape index (κ3) is 1.74. The van der Waals surface area contributed by atoms with Crippen LogP contribution in [0.15, 0.2) is 22.7 Å². The SMILES string of the molecule is Nc1n[nH]c(-c2ccc3c(c2)OCCO3)c1Br. The topological polar surface area (TPSA) is 73.2 Å². The molecule has 0 aliphatic carbocycles. The van der Waals surface area contributed by atoms with Crippen molar-refractivity contribution in [3.63, 3.8) is 0 Å². The van der Waals surface area contributed by atoms with Crippen LogP contribution in [0.25, 0.3) is 11.3 Å². The number of nitrogens with zero attached hydrogens (tertiary/aromatic N) is 1. The molecule has 2 heterocycles. The van der Waals surface area contributed by atoms with Crippen molar-refractivity contribution >= 4 is 21.7 Å². The van der Waals surface area contributed by atoms with Gasteiger partial charge in [-0.2, -0.15) is 5.10 Å². The zero-order valence-corrected chi connectivity index (χ0v) is 10.5. The Labute approximate surface area is 106 Å². The Balaban J connectivity index is 2.07. The van der Waals surface area contributed by atoms with E-state index in [2.05, 4.69) is 26.1 Å². The van der Waals surface area contributed by atoms with Gasteiger partial charge in [-0.3, -0.25) is 5.10 Å². The molecule has 1 aliphatic rings. The van der Waals surface area contributed by atoms with Crippen LogP contribution in [0.4, 0.5) is 5.82 Å². The summed E-state index contributed by atoms with van der Waals surface area (Å²) in [5.74, 6) is 1.95. The van der Waals surface area contributed by atoms with Crippen LogP contribution < -0.4 is 15.2 Å². The highest BCUT2D eigenvalue weighted by molar-refractivity contribution is 9.10. The van der Waals surface area contributed by atoms with Crippen molar-refractivity contribution in [2.24, 2.45) is 0 Å². The zero-order valence-electron chi connectivity index (χ0n) is 8.87. The van der Waals surface area contributed by atoms with E-state index in [-0.39, 0.29) is 0 Å². The number of nitrogen functional groups attached to an aromatic ring is 1. The minimum absolute atomic E-state index is 0.440. The molecule has 17 heavy (non-hydrogen) atoms. The van der Waals surface area contributed by atoms with Crippen molar-refractivity contribution in [2.45, 2.75) is 0 Å².